The first-order valence-corrected chi connectivity index (χ1v) is 8.29. The van der Waals surface area contributed by atoms with Crippen LogP contribution in [0.3, 0.4) is 0 Å². The molecule has 0 fully saturated rings. The summed E-state index contributed by atoms with van der Waals surface area (Å²) in [6.45, 7) is 0.731. The number of aromatic nitrogens is 3. The Balaban J connectivity index is 1.55. The topological polar surface area (TPSA) is 71.8 Å². The molecule has 2 aromatic heterocycles. The van der Waals surface area contributed by atoms with Crippen LogP contribution in [0.1, 0.15) is 10.6 Å². The Morgan fingerprint density at radius 1 is 1.25 bits per heavy atom. The lowest BCUT2D eigenvalue weighted by Gasteiger charge is -2.10. The third kappa shape index (κ3) is 4.17. The highest BCUT2D eigenvalue weighted by atomic mass is 32.1. The number of benzene rings is 1. The summed E-state index contributed by atoms with van der Waals surface area (Å²) >= 11 is 1.55. The molecule has 0 bridgehead atoms. The zero-order chi connectivity index (χ0) is 16.8. The summed E-state index contributed by atoms with van der Waals surface area (Å²) in [5.74, 6) is 0.205. The molecular formula is C16H16FN5OS. The first-order chi connectivity index (χ1) is 11.7. The maximum absolute atomic E-state index is 13.7. The Bertz CT molecular complexity index is 802. The van der Waals surface area contributed by atoms with Crippen molar-refractivity contribution in [1.29, 1.82) is 0 Å². The Morgan fingerprint density at radius 2 is 2.12 bits per heavy atom. The van der Waals surface area contributed by atoms with Crippen LogP contribution in [0.4, 0.5) is 15.0 Å². The number of rotatable bonds is 6. The Hall–Kier alpha value is -2.74. The van der Waals surface area contributed by atoms with E-state index in [1.165, 1.54) is 6.07 Å². The van der Waals surface area contributed by atoms with Gasteiger partial charge in [0.25, 0.3) is 0 Å². The predicted molar refractivity (Wildman–Crippen MR) is 90.6 cm³/mol. The van der Waals surface area contributed by atoms with Crippen LogP contribution in [0.2, 0.25) is 0 Å². The lowest BCUT2D eigenvalue weighted by molar-refractivity contribution is 0.252. The molecule has 2 N–H and O–H groups in total. The quantitative estimate of drug-likeness (QED) is 0.721. The fourth-order valence-corrected chi connectivity index (χ4v) is 2.79. The van der Waals surface area contributed by atoms with Crippen molar-refractivity contribution in [3.05, 3.63) is 64.5 Å². The minimum atomic E-state index is -0.332. The normalized spacial score (nSPS) is 10.5. The molecule has 0 aliphatic carbocycles. The number of urea groups is 1. The Morgan fingerprint density at radius 3 is 2.92 bits per heavy atom. The van der Waals surface area contributed by atoms with E-state index in [-0.39, 0.29) is 18.4 Å². The summed E-state index contributed by atoms with van der Waals surface area (Å²) in [4.78, 5) is 16.1. The molecule has 3 rings (SSSR count). The smallest absolute Gasteiger partial charge is 0.320 e. The molecular weight excluding hydrogens is 329 g/mol. The van der Waals surface area contributed by atoms with Gasteiger partial charge in [0.15, 0.2) is 0 Å². The minimum Gasteiger partial charge on any atom is -0.337 e. The monoisotopic (exact) mass is 345 g/mol. The van der Waals surface area contributed by atoms with Gasteiger partial charge in [-0.1, -0.05) is 18.2 Å². The predicted octanol–water partition coefficient (Wildman–Crippen LogP) is 2.89. The van der Waals surface area contributed by atoms with Crippen molar-refractivity contribution in [1.82, 2.24) is 20.1 Å². The highest BCUT2D eigenvalue weighted by Gasteiger charge is 2.09. The van der Waals surface area contributed by atoms with Gasteiger partial charge in [0.2, 0.25) is 0 Å². The number of hydrogen-bond acceptors (Lipinski definition) is 4. The number of amides is 2. The summed E-state index contributed by atoms with van der Waals surface area (Å²) in [7, 11) is 0. The Labute approximate surface area is 142 Å². The van der Waals surface area contributed by atoms with Gasteiger partial charge in [0.05, 0.1) is 17.7 Å². The number of thiazole rings is 1. The molecule has 124 valence electrons. The van der Waals surface area contributed by atoms with Crippen molar-refractivity contribution in [3.63, 3.8) is 0 Å². The number of anilines is 1. The fraction of sp³-hybridized carbons (Fsp3) is 0.188. The van der Waals surface area contributed by atoms with E-state index in [1.807, 2.05) is 5.38 Å². The van der Waals surface area contributed by atoms with Gasteiger partial charge in [-0.2, -0.15) is 5.10 Å². The summed E-state index contributed by atoms with van der Waals surface area (Å²) in [6.07, 6.45) is 3.98. The van der Waals surface area contributed by atoms with Crippen LogP contribution in [0.15, 0.2) is 48.1 Å². The first kappa shape index (κ1) is 16.1. The van der Waals surface area contributed by atoms with Gasteiger partial charge in [-0.05, 0) is 6.07 Å². The lowest BCUT2D eigenvalue weighted by atomic mass is 10.2. The fourth-order valence-electron chi connectivity index (χ4n) is 2.17. The molecule has 2 amide bonds. The third-order valence-corrected chi connectivity index (χ3v) is 4.18. The molecule has 24 heavy (non-hydrogen) atoms. The van der Waals surface area contributed by atoms with Crippen molar-refractivity contribution < 1.29 is 9.18 Å². The van der Waals surface area contributed by atoms with Crippen LogP contribution in [0.25, 0.3) is 0 Å². The standard InChI is InChI=1S/C16H16FN5OS/c17-13-4-2-1-3-12(13)11-22-14(5-8-20-22)21-16(23)19-7-6-15-18-9-10-24-15/h1-5,8-10H,6-7,11H2,(H2,19,21,23). The molecule has 6 nitrogen and oxygen atoms in total. The molecule has 2 heterocycles. The molecule has 8 heteroatoms. The summed E-state index contributed by atoms with van der Waals surface area (Å²) in [6, 6.07) is 7.83. The molecule has 0 spiro atoms. The van der Waals surface area contributed by atoms with Gasteiger partial charge in [0.1, 0.15) is 11.6 Å². The highest BCUT2D eigenvalue weighted by molar-refractivity contribution is 7.09. The van der Waals surface area contributed by atoms with E-state index in [2.05, 4.69) is 20.7 Å². The van der Waals surface area contributed by atoms with Crippen LogP contribution in [0, 0.1) is 5.82 Å². The van der Waals surface area contributed by atoms with E-state index in [9.17, 15) is 9.18 Å². The van der Waals surface area contributed by atoms with Crippen LogP contribution in [-0.4, -0.2) is 27.3 Å². The van der Waals surface area contributed by atoms with Gasteiger partial charge >= 0.3 is 6.03 Å². The maximum atomic E-state index is 13.7. The molecule has 1 aromatic carbocycles. The average molecular weight is 345 g/mol. The van der Waals surface area contributed by atoms with Crippen LogP contribution in [-0.2, 0) is 13.0 Å². The molecule has 0 atom stereocenters. The Kier molecular flexibility index (Phi) is 5.17. The molecule has 0 aliphatic rings. The third-order valence-electron chi connectivity index (χ3n) is 3.34. The van der Waals surface area contributed by atoms with E-state index in [0.717, 1.165) is 5.01 Å². The SMILES string of the molecule is O=C(NCCc1nccs1)Nc1ccnn1Cc1ccccc1F. The summed E-state index contributed by atoms with van der Waals surface area (Å²) in [5, 5.41) is 12.5. The highest BCUT2D eigenvalue weighted by Crippen LogP contribution is 2.12. The first-order valence-electron chi connectivity index (χ1n) is 7.41. The van der Waals surface area contributed by atoms with Crippen molar-refractivity contribution in [2.75, 3.05) is 11.9 Å². The van der Waals surface area contributed by atoms with Gasteiger partial charge < -0.3 is 5.32 Å². The van der Waals surface area contributed by atoms with E-state index in [4.69, 9.17) is 0 Å². The van der Waals surface area contributed by atoms with Gasteiger partial charge in [0, 0.05) is 36.2 Å². The summed E-state index contributed by atoms with van der Waals surface area (Å²) in [5.41, 5.74) is 0.508. The molecule has 0 saturated carbocycles. The number of nitrogens with zero attached hydrogens (tertiary/aromatic N) is 3. The van der Waals surface area contributed by atoms with E-state index >= 15 is 0 Å². The van der Waals surface area contributed by atoms with Crippen molar-refractivity contribution >= 4 is 23.2 Å². The van der Waals surface area contributed by atoms with Gasteiger partial charge in [-0.15, -0.1) is 11.3 Å². The summed E-state index contributed by atoms with van der Waals surface area (Å²) < 4.78 is 15.3. The lowest BCUT2D eigenvalue weighted by Crippen LogP contribution is -2.31. The second-order valence-electron chi connectivity index (χ2n) is 5.02. The number of carbonyl (C=O) groups is 1. The molecule has 0 radical (unpaired) electrons. The second kappa shape index (κ2) is 7.69. The van der Waals surface area contributed by atoms with Gasteiger partial charge in [-0.3, -0.25) is 5.32 Å². The average Bonchev–Trinajstić information content (AvgIpc) is 3.22. The molecule has 3 aromatic rings. The number of hydrogen-bond donors (Lipinski definition) is 2. The van der Waals surface area contributed by atoms with Gasteiger partial charge in [-0.25, -0.2) is 18.9 Å². The molecule has 0 unspecified atom stereocenters. The van der Waals surface area contributed by atoms with Crippen molar-refractivity contribution in [3.8, 4) is 0 Å². The zero-order valence-electron chi connectivity index (χ0n) is 12.8. The largest absolute Gasteiger partial charge is 0.337 e. The number of nitrogens with one attached hydrogen (secondary N) is 2. The number of carbonyl (C=O) groups excluding carboxylic acids is 1. The van der Waals surface area contributed by atoms with Crippen LogP contribution in [0.5, 0.6) is 0 Å². The maximum Gasteiger partial charge on any atom is 0.320 e. The van der Waals surface area contributed by atoms with Crippen molar-refractivity contribution in [2.24, 2.45) is 0 Å². The molecule has 0 saturated heterocycles. The van der Waals surface area contributed by atoms with E-state index in [0.29, 0.717) is 24.3 Å². The van der Waals surface area contributed by atoms with Crippen LogP contribution >= 0.6 is 11.3 Å². The zero-order valence-corrected chi connectivity index (χ0v) is 13.6. The van der Waals surface area contributed by atoms with E-state index in [1.54, 1.807) is 52.7 Å². The van der Waals surface area contributed by atoms with E-state index < -0.39 is 0 Å². The second-order valence-corrected chi connectivity index (χ2v) is 6.00. The van der Waals surface area contributed by atoms with Crippen LogP contribution < -0.4 is 10.6 Å². The van der Waals surface area contributed by atoms with Crippen molar-refractivity contribution in [2.45, 2.75) is 13.0 Å². The molecule has 0 aliphatic heterocycles. The minimum absolute atomic E-state index is 0.244. The number of halogens is 1.